The van der Waals surface area contributed by atoms with Crippen molar-refractivity contribution in [2.45, 2.75) is 38.6 Å². The fourth-order valence-corrected chi connectivity index (χ4v) is 3.32. The Morgan fingerprint density at radius 3 is 2.26 bits per heavy atom. The van der Waals surface area contributed by atoms with E-state index in [1.54, 1.807) is 17.0 Å². The van der Waals surface area contributed by atoms with Crippen molar-refractivity contribution in [1.82, 2.24) is 10.2 Å². The Labute approximate surface area is 159 Å². The van der Waals surface area contributed by atoms with Crippen LogP contribution in [0.15, 0.2) is 48.5 Å². The van der Waals surface area contributed by atoms with Crippen LogP contribution in [0.3, 0.4) is 0 Å². The Bertz CT molecular complexity index is 809. The average molecular weight is 368 g/mol. The van der Waals surface area contributed by atoms with E-state index in [1.807, 2.05) is 24.3 Å². The summed E-state index contributed by atoms with van der Waals surface area (Å²) in [6, 6.07) is 13.7. The van der Waals surface area contributed by atoms with E-state index in [0.717, 1.165) is 0 Å². The van der Waals surface area contributed by atoms with Gasteiger partial charge in [0.05, 0.1) is 5.56 Å². The molecule has 1 saturated heterocycles. The molecule has 0 saturated carbocycles. The monoisotopic (exact) mass is 368 g/mol. The number of likely N-dealkylation sites (tertiary alicyclic amines) is 1. The molecular weight excluding hydrogens is 343 g/mol. The zero-order valence-electron chi connectivity index (χ0n) is 15.7. The molecule has 3 rings (SSSR count). The van der Waals surface area contributed by atoms with Crippen LogP contribution in [0.2, 0.25) is 0 Å². The van der Waals surface area contributed by atoms with Crippen molar-refractivity contribution < 1.29 is 14.0 Å². The lowest BCUT2D eigenvalue weighted by atomic mass is 10.0. The third-order valence-electron chi connectivity index (χ3n) is 5.06. The van der Waals surface area contributed by atoms with Crippen LogP contribution >= 0.6 is 0 Å². The van der Waals surface area contributed by atoms with E-state index in [0.29, 0.717) is 37.4 Å². The first-order valence-electron chi connectivity index (χ1n) is 9.40. The number of benzene rings is 2. The summed E-state index contributed by atoms with van der Waals surface area (Å²) in [5.41, 5.74) is 1.95. The van der Waals surface area contributed by atoms with Gasteiger partial charge in [0.25, 0.3) is 11.8 Å². The number of piperidine rings is 1. The number of rotatable bonds is 4. The van der Waals surface area contributed by atoms with Crippen molar-refractivity contribution in [3.8, 4) is 0 Å². The van der Waals surface area contributed by atoms with Crippen LogP contribution in [-0.4, -0.2) is 35.8 Å². The van der Waals surface area contributed by atoms with Gasteiger partial charge in [-0.1, -0.05) is 38.1 Å². The fraction of sp³-hybridized carbons (Fsp3) is 0.364. The number of nitrogens with one attached hydrogen (secondary N) is 1. The number of carbonyl (C=O) groups excluding carboxylic acids is 2. The van der Waals surface area contributed by atoms with Crippen molar-refractivity contribution in [3.63, 3.8) is 0 Å². The molecule has 0 radical (unpaired) electrons. The van der Waals surface area contributed by atoms with Gasteiger partial charge in [0.1, 0.15) is 5.82 Å². The van der Waals surface area contributed by atoms with Crippen LogP contribution in [0.25, 0.3) is 0 Å². The highest BCUT2D eigenvalue weighted by molar-refractivity contribution is 5.95. The molecule has 0 spiro atoms. The minimum atomic E-state index is -0.497. The molecule has 2 amide bonds. The molecule has 0 aromatic heterocycles. The first-order chi connectivity index (χ1) is 13.0. The summed E-state index contributed by atoms with van der Waals surface area (Å²) in [7, 11) is 0. The van der Waals surface area contributed by atoms with Gasteiger partial charge < -0.3 is 10.2 Å². The van der Waals surface area contributed by atoms with Crippen LogP contribution in [0.1, 0.15) is 58.9 Å². The van der Waals surface area contributed by atoms with E-state index < -0.39 is 5.82 Å². The maximum Gasteiger partial charge on any atom is 0.256 e. The zero-order valence-corrected chi connectivity index (χ0v) is 15.7. The van der Waals surface area contributed by atoms with Gasteiger partial charge in [0.15, 0.2) is 0 Å². The summed E-state index contributed by atoms with van der Waals surface area (Å²) < 4.78 is 13.8. The molecule has 1 aliphatic heterocycles. The minimum Gasteiger partial charge on any atom is -0.349 e. The molecule has 1 aliphatic rings. The van der Waals surface area contributed by atoms with Gasteiger partial charge in [-0.2, -0.15) is 0 Å². The summed E-state index contributed by atoms with van der Waals surface area (Å²) >= 11 is 0. The third kappa shape index (κ3) is 4.54. The van der Waals surface area contributed by atoms with E-state index >= 15 is 0 Å². The summed E-state index contributed by atoms with van der Waals surface area (Å²) in [4.78, 5) is 26.5. The van der Waals surface area contributed by atoms with E-state index in [-0.39, 0.29) is 23.4 Å². The maximum absolute atomic E-state index is 13.8. The molecule has 1 heterocycles. The van der Waals surface area contributed by atoms with Crippen molar-refractivity contribution >= 4 is 11.8 Å². The highest BCUT2D eigenvalue weighted by Gasteiger charge is 2.26. The summed E-state index contributed by atoms with van der Waals surface area (Å²) in [5, 5.41) is 3.04. The van der Waals surface area contributed by atoms with Crippen molar-refractivity contribution in [2.24, 2.45) is 0 Å². The highest BCUT2D eigenvalue weighted by Crippen LogP contribution is 2.18. The van der Waals surface area contributed by atoms with Gasteiger partial charge in [-0.25, -0.2) is 4.39 Å². The van der Waals surface area contributed by atoms with Crippen LogP contribution in [0.5, 0.6) is 0 Å². The smallest absolute Gasteiger partial charge is 0.256 e. The SMILES string of the molecule is CC(C)c1ccc(C(=O)NC2CCN(C(=O)c3ccccc3F)CC2)cc1. The normalized spacial score (nSPS) is 15.0. The molecule has 1 N–H and O–H groups in total. The second-order valence-electron chi connectivity index (χ2n) is 7.30. The molecule has 2 aromatic carbocycles. The largest absolute Gasteiger partial charge is 0.349 e. The average Bonchev–Trinajstić information content (AvgIpc) is 2.68. The molecule has 0 atom stereocenters. The molecule has 27 heavy (non-hydrogen) atoms. The Morgan fingerprint density at radius 2 is 1.67 bits per heavy atom. The third-order valence-corrected chi connectivity index (χ3v) is 5.06. The number of carbonyl (C=O) groups is 2. The second kappa shape index (κ2) is 8.33. The molecule has 0 aliphatic carbocycles. The molecule has 2 aromatic rings. The predicted octanol–water partition coefficient (Wildman–Crippen LogP) is 3.98. The van der Waals surface area contributed by atoms with Crippen LogP contribution in [0.4, 0.5) is 4.39 Å². The summed E-state index contributed by atoms with van der Waals surface area (Å²) in [5.74, 6) is -0.451. The van der Waals surface area contributed by atoms with Gasteiger partial charge >= 0.3 is 0 Å². The number of hydrogen-bond acceptors (Lipinski definition) is 2. The Hall–Kier alpha value is -2.69. The molecule has 0 bridgehead atoms. The Kier molecular flexibility index (Phi) is 5.89. The number of amides is 2. The Morgan fingerprint density at radius 1 is 1.04 bits per heavy atom. The van der Waals surface area contributed by atoms with Gasteiger partial charge in [0, 0.05) is 24.7 Å². The summed E-state index contributed by atoms with van der Waals surface area (Å²) in [6.45, 7) is 5.24. The lowest BCUT2D eigenvalue weighted by molar-refractivity contribution is 0.0693. The maximum atomic E-state index is 13.8. The van der Waals surface area contributed by atoms with Crippen molar-refractivity contribution in [2.75, 3.05) is 13.1 Å². The standard InChI is InChI=1S/C22H25FN2O2/c1-15(2)16-7-9-17(10-8-16)21(26)24-18-11-13-25(14-12-18)22(27)19-5-3-4-6-20(19)23/h3-10,15,18H,11-14H2,1-2H3,(H,24,26). The number of halogens is 1. The lowest BCUT2D eigenvalue weighted by Gasteiger charge is -2.32. The molecule has 4 nitrogen and oxygen atoms in total. The quantitative estimate of drug-likeness (QED) is 0.887. The van der Waals surface area contributed by atoms with Crippen molar-refractivity contribution in [3.05, 3.63) is 71.0 Å². The van der Waals surface area contributed by atoms with Gasteiger partial charge in [-0.05, 0) is 48.6 Å². The van der Waals surface area contributed by atoms with E-state index in [2.05, 4.69) is 19.2 Å². The second-order valence-corrected chi connectivity index (χ2v) is 7.30. The van der Waals surface area contributed by atoms with Gasteiger partial charge in [-0.15, -0.1) is 0 Å². The molecule has 142 valence electrons. The molecule has 5 heteroatoms. The van der Waals surface area contributed by atoms with E-state index in [9.17, 15) is 14.0 Å². The Balaban J connectivity index is 1.54. The highest BCUT2D eigenvalue weighted by atomic mass is 19.1. The first kappa shape index (κ1) is 19.1. The fourth-order valence-electron chi connectivity index (χ4n) is 3.32. The number of hydrogen-bond donors (Lipinski definition) is 1. The number of nitrogens with zero attached hydrogens (tertiary/aromatic N) is 1. The van der Waals surface area contributed by atoms with Crippen molar-refractivity contribution in [1.29, 1.82) is 0 Å². The van der Waals surface area contributed by atoms with Gasteiger partial charge in [-0.3, -0.25) is 9.59 Å². The lowest BCUT2D eigenvalue weighted by Crippen LogP contribution is -2.46. The summed E-state index contributed by atoms with van der Waals surface area (Å²) in [6.07, 6.45) is 1.33. The van der Waals surface area contributed by atoms with E-state index in [1.165, 1.54) is 17.7 Å². The van der Waals surface area contributed by atoms with Crippen LogP contribution in [0, 0.1) is 5.82 Å². The zero-order chi connectivity index (χ0) is 19.4. The molecular formula is C22H25FN2O2. The van der Waals surface area contributed by atoms with Crippen LogP contribution in [-0.2, 0) is 0 Å². The predicted molar refractivity (Wildman–Crippen MR) is 103 cm³/mol. The van der Waals surface area contributed by atoms with Gasteiger partial charge in [0.2, 0.25) is 0 Å². The molecule has 1 fully saturated rings. The first-order valence-corrected chi connectivity index (χ1v) is 9.40. The minimum absolute atomic E-state index is 0.0203. The van der Waals surface area contributed by atoms with Crippen LogP contribution < -0.4 is 5.32 Å². The topological polar surface area (TPSA) is 49.4 Å². The van der Waals surface area contributed by atoms with E-state index in [4.69, 9.17) is 0 Å². The molecule has 0 unspecified atom stereocenters.